The fourth-order valence-electron chi connectivity index (χ4n) is 3.83. The first-order valence-corrected chi connectivity index (χ1v) is 10.0. The summed E-state index contributed by atoms with van der Waals surface area (Å²) in [4.78, 5) is 32.3. The van der Waals surface area contributed by atoms with E-state index in [0.29, 0.717) is 48.0 Å². The first kappa shape index (κ1) is 20.1. The molecule has 2 aromatic carbocycles. The van der Waals surface area contributed by atoms with Gasteiger partial charge in [-0.2, -0.15) is 0 Å². The summed E-state index contributed by atoms with van der Waals surface area (Å²) in [5, 5.41) is 0. The highest BCUT2D eigenvalue weighted by atomic mass is 19.1. The molecule has 30 heavy (non-hydrogen) atoms. The molecule has 0 N–H and O–H groups in total. The summed E-state index contributed by atoms with van der Waals surface area (Å²) >= 11 is 0. The zero-order chi connectivity index (χ0) is 21.3. The van der Waals surface area contributed by atoms with Crippen molar-refractivity contribution in [2.75, 3.05) is 44.7 Å². The minimum absolute atomic E-state index is 0.311. The van der Waals surface area contributed by atoms with Crippen molar-refractivity contribution >= 4 is 23.1 Å². The van der Waals surface area contributed by atoms with Crippen LogP contribution in [0.2, 0.25) is 0 Å². The van der Waals surface area contributed by atoms with Gasteiger partial charge in [0.25, 0.3) is 11.8 Å². The van der Waals surface area contributed by atoms with E-state index in [0.717, 1.165) is 13.1 Å². The first-order valence-electron chi connectivity index (χ1n) is 10.0. The third-order valence-electron chi connectivity index (χ3n) is 5.40. The molecule has 1 saturated heterocycles. The quantitative estimate of drug-likeness (QED) is 0.711. The second-order valence-electron chi connectivity index (χ2n) is 7.40. The molecule has 4 rings (SSSR count). The van der Waals surface area contributed by atoms with Gasteiger partial charge in [-0.05, 0) is 43.8 Å². The van der Waals surface area contributed by atoms with E-state index >= 15 is 0 Å². The highest BCUT2D eigenvalue weighted by Gasteiger charge is 2.43. The van der Waals surface area contributed by atoms with Gasteiger partial charge in [0, 0.05) is 32.2 Å². The Kier molecular flexibility index (Phi) is 5.55. The number of imide groups is 1. The molecule has 0 aliphatic carbocycles. The van der Waals surface area contributed by atoms with Crippen LogP contribution in [0.15, 0.2) is 54.2 Å². The van der Waals surface area contributed by atoms with Gasteiger partial charge >= 0.3 is 0 Å². The minimum atomic E-state index is -0.408. The number of anilines is 1. The molecule has 2 aromatic rings. The van der Waals surface area contributed by atoms with Gasteiger partial charge in [-0.3, -0.25) is 9.59 Å². The number of hydrogen-bond donors (Lipinski definition) is 0. The number of halogens is 1. The van der Waals surface area contributed by atoms with E-state index < -0.39 is 11.7 Å². The zero-order valence-electron chi connectivity index (χ0n) is 17.1. The number of hydrogen-bond acceptors (Lipinski definition) is 5. The molecule has 0 atom stereocenters. The molecule has 2 amide bonds. The van der Waals surface area contributed by atoms with Crippen LogP contribution in [0.4, 0.5) is 10.1 Å². The third kappa shape index (κ3) is 3.68. The Balaban J connectivity index is 1.77. The van der Waals surface area contributed by atoms with Gasteiger partial charge in [-0.15, -0.1) is 0 Å². The van der Waals surface area contributed by atoms with Gasteiger partial charge < -0.3 is 14.5 Å². The molecular formula is C23H24FN3O3. The van der Waals surface area contributed by atoms with E-state index in [-0.39, 0.29) is 5.91 Å². The molecule has 1 fully saturated rings. The van der Waals surface area contributed by atoms with Crippen molar-refractivity contribution < 1.29 is 18.7 Å². The summed E-state index contributed by atoms with van der Waals surface area (Å²) in [5.41, 5.74) is 1.68. The predicted molar refractivity (Wildman–Crippen MR) is 112 cm³/mol. The normalized spacial score (nSPS) is 17.8. The molecule has 0 spiro atoms. The van der Waals surface area contributed by atoms with Gasteiger partial charge in [0.2, 0.25) is 0 Å². The van der Waals surface area contributed by atoms with E-state index in [1.165, 1.54) is 17.0 Å². The Morgan fingerprint density at radius 2 is 1.67 bits per heavy atom. The summed E-state index contributed by atoms with van der Waals surface area (Å²) in [6.07, 6.45) is 0. The van der Waals surface area contributed by atoms with Gasteiger partial charge in [0.05, 0.1) is 17.9 Å². The maximum Gasteiger partial charge on any atom is 0.282 e. The van der Waals surface area contributed by atoms with Crippen LogP contribution in [0.1, 0.15) is 12.5 Å². The Hall–Kier alpha value is -3.19. The average Bonchev–Trinajstić information content (AvgIpc) is 3.00. The molecule has 0 unspecified atom stereocenters. The van der Waals surface area contributed by atoms with Crippen molar-refractivity contribution in [2.45, 2.75) is 6.92 Å². The van der Waals surface area contributed by atoms with E-state index in [4.69, 9.17) is 4.74 Å². The van der Waals surface area contributed by atoms with Gasteiger partial charge in [-0.25, -0.2) is 9.29 Å². The zero-order valence-corrected chi connectivity index (χ0v) is 17.1. The SMILES string of the molecule is CCOc1cccc(N2C(=O)C(c3ccc(F)cc3)=C(N3CCN(C)CC3)C2=O)c1. The fourth-order valence-corrected chi connectivity index (χ4v) is 3.83. The largest absolute Gasteiger partial charge is 0.494 e. The Morgan fingerprint density at radius 1 is 0.967 bits per heavy atom. The highest BCUT2D eigenvalue weighted by Crippen LogP contribution is 2.36. The molecule has 2 aliphatic heterocycles. The summed E-state index contributed by atoms with van der Waals surface area (Å²) in [6.45, 7) is 5.23. The first-order chi connectivity index (χ1) is 14.5. The number of benzene rings is 2. The highest BCUT2D eigenvalue weighted by molar-refractivity contribution is 6.45. The van der Waals surface area contributed by atoms with Gasteiger partial charge in [0.15, 0.2) is 0 Å². The number of ether oxygens (including phenoxy) is 1. The maximum atomic E-state index is 13.5. The summed E-state index contributed by atoms with van der Waals surface area (Å²) in [5.74, 6) is -0.572. The van der Waals surface area contributed by atoms with Gasteiger partial charge in [0.1, 0.15) is 17.3 Å². The summed E-state index contributed by atoms with van der Waals surface area (Å²) < 4.78 is 19.0. The molecule has 6 nitrogen and oxygen atoms in total. The standard InChI is InChI=1S/C23H24FN3O3/c1-3-30-19-6-4-5-18(15-19)27-22(28)20(16-7-9-17(24)10-8-16)21(23(27)29)26-13-11-25(2)12-14-26/h4-10,15H,3,11-14H2,1-2H3. The average molecular weight is 409 g/mol. The molecule has 0 radical (unpaired) electrons. The van der Waals surface area contributed by atoms with Crippen molar-refractivity contribution in [1.29, 1.82) is 0 Å². The molecule has 7 heteroatoms. The van der Waals surface area contributed by atoms with Crippen LogP contribution >= 0.6 is 0 Å². The number of nitrogens with zero attached hydrogens (tertiary/aromatic N) is 3. The molecule has 0 bridgehead atoms. The lowest BCUT2D eigenvalue weighted by Gasteiger charge is -2.34. The fraction of sp³-hybridized carbons (Fsp3) is 0.304. The second kappa shape index (κ2) is 8.28. The van der Waals surface area contributed by atoms with Crippen molar-refractivity contribution in [3.05, 3.63) is 65.6 Å². The maximum absolute atomic E-state index is 13.5. The topological polar surface area (TPSA) is 53.1 Å². The Bertz CT molecular complexity index is 995. The van der Waals surface area contributed by atoms with E-state index in [9.17, 15) is 14.0 Å². The molecule has 0 saturated carbocycles. The van der Waals surface area contributed by atoms with Crippen LogP contribution in [0.3, 0.4) is 0 Å². The van der Waals surface area contributed by atoms with Crippen LogP contribution in [0.25, 0.3) is 5.57 Å². The van der Waals surface area contributed by atoms with Crippen molar-refractivity contribution in [2.24, 2.45) is 0 Å². The van der Waals surface area contributed by atoms with Gasteiger partial charge in [-0.1, -0.05) is 18.2 Å². The number of rotatable bonds is 5. The smallest absolute Gasteiger partial charge is 0.282 e. The van der Waals surface area contributed by atoms with Crippen LogP contribution in [-0.2, 0) is 9.59 Å². The van der Waals surface area contributed by atoms with E-state index in [1.807, 2.05) is 18.9 Å². The predicted octanol–water partition coefficient (Wildman–Crippen LogP) is 2.76. The number of carbonyl (C=O) groups excluding carboxylic acids is 2. The summed E-state index contributed by atoms with van der Waals surface area (Å²) in [6, 6.07) is 12.7. The van der Waals surface area contributed by atoms with Crippen molar-refractivity contribution in [3.63, 3.8) is 0 Å². The lowest BCUT2D eigenvalue weighted by Crippen LogP contribution is -2.46. The summed E-state index contributed by atoms with van der Waals surface area (Å²) in [7, 11) is 2.03. The molecular weight excluding hydrogens is 385 g/mol. The Morgan fingerprint density at radius 3 is 2.33 bits per heavy atom. The second-order valence-corrected chi connectivity index (χ2v) is 7.40. The number of piperazine rings is 1. The van der Waals surface area contributed by atoms with E-state index in [2.05, 4.69) is 4.90 Å². The number of amides is 2. The molecule has 2 aliphatic rings. The van der Waals surface area contributed by atoms with Crippen molar-refractivity contribution in [1.82, 2.24) is 9.80 Å². The molecule has 156 valence electrons. The Labute approximate surface area is 175 Å². The van der Waals surface area contributed by atoms with Crippen molar-refractivity contribution in [3.8, 4) is 5.75 Å². The number of likely N-dealkylation sites (N-methyl/N-ethyl adjacent to an activating group) is 1. The lowest BCUT2D eigenvalue weighted by molar-refractivity contribution is -0.120. The molecule has 0 aromatic heterocycles. The molecule has 2 heterocycles. The van der Waals surface area contributed by atoms with Crippen LogP contribution < -0.4 is 9.64 Å². The van der Waals surface area contributed by atoms with Crippen LogP contribution in [0, 0.1) is 5.82 Å². The minimum Gasteiger partial charge on any atom is -0.494 e. The number of carbonyl (C=O) groups is 2. The van der Waals surface area contributed by atoms with Crippen LogP contribution in [0.5, 0.6) is 5.75 Å². The third-order valence-corrected chi connectivity index (χ3v) is 5.40. The van der Waals surface area contributed by atoms with E-state index in [1.54, 1.807) is 36.4 Å². The van der Waals surface area contributed by atoms with Crippen LogP contribution in [-0.4, -0.2) is 61.4 Å². The monoisotopic (exact) mass is 409 g/mol. The lowest BCUT2D eigenvalue weighted by atomic mass is 10.0.